The van der Waals surface area contributed by atoms with E-state index in [0.717, 1.165) is 12.1 Å². The van der Waals surface area contributed by atoms with Gasteiger partial charge < -0.3 is 5.32 Å². The molecule has 0 aliphatic carbocycles. The molecule has 1 heterocycles. The number of anilines is 2. The maximum absolute atomic E-state index is 13.4. The van der Waals surface area contributed by atoms with E-state index < -0.39 is 40.7 Å². The van der Waals surface area contributed by atoms with Crippen LogP contribution in [-0.4, -0.2) is 4.98 Å². The molecule has 19 heavy (non-hydrogen) atoms. The lowest BCUT2D eigenvalue weighted by Gasteiger charge is -2.10. The number of halogens is 6. The van der Waals surface area contributed by atoms with Gasteiger partial charge in [0.1, 0.15) is 11.5 Å². The van der Waals surface area contributed by atoms with E-state index in [9.17, 15) is 22.0 Å². The van der Waals surface area contributed by atoms with Gasteiger partial charge in [0.2, 0.25) is 11.6 Å². The summed E-state index contributed by atoms with van der Waals surface area (Å²) in [6, 6.07) is 3.13. The first kappa shape index (κ1) is 13.5. The van der Waals surface area contributed by atoms with Crippen LogP contribution in [0.4, 0.5) is 33.3 Å². The molecule has 0 saturated heterocycles. The second-order valence-electron chi connectivity index (χ2n) is 3.45. The first-order chi connectivity index (χ1) is 8.90. The van der Waals surface area contributed by atoms with E-state index in [0.29, 0.717) is 0 Å². The van der Waals surface area contributed by atoms with E-state index in [2.05, 4.69) is 4.98 Å². The largest absolute Gasteiger partial charge is 0.348 e. The molecule has 2 aromatic rings. The highest BCUT2D eigenvalue weighted by atomic mass is 35.5. The van der Waals surface area contributed by atoms with Gasteiger partial charge in [0.25, 0.3) is 11.9 Å². The van der Waals surface area contributed by atoms with E-state index in [4.69, 9.17) is 11.6 Å². The van der Waals surface area contributed by atoms with Crippen molar-refractivity contribution in [2.24, 2.45) is 0 Å². The molecule has 8 heteroatoms. The van der Waals surface area contributed by atoms with Crippen LogP contribution in [0.1, 0.15) is 0 Å². The summed E-state index contributed by atoms with van der Waals surface area (Å²) < 4.78 is 65.6. The van der Waals surface area contributed by atoms with Crippen molar-refractivity contribution in [1.29, 1.82) is 0 Å². The van der Waals surface area contributed by atoms with Gasteiger partial charge in [-0.2, -0.15) is 22.5 Å². The van der Waals surface area contributed by atoms with E-state index in [-0.39, 0.29) is 5.02 Å². The Kier molecular flexibility index (Phi) is 3.57. The summed E-state index contributed by atoms with van der Waals surface area (Å²) in [5.74, 6) is -8.12. The Labute approximate surface area is 108 Å². The molecular formula is C11H4ClF5N2. The van der Waals surface area contributed by atoms with Crippen LogP contribution in [0.3, 0.4) is 0 Å². The summed E-state index contributed by atoms with van der Waals surface area (Å²) in [6.45, 7) is 0. The SMILES string of the molecule is Fc1ccc(Cl)cc1Nc1c(F)c(F)nc(F)c1F. The van der Waals surface area contributed by atoms with Crippen molar-refractivity contribution in [3.05, 3.63) is 52.6 Å². The predicted molar refractivity (Wildman–Crippen MR) is 58.8 cm³/mol. The lowest BCUT2D eigenvalue weighted by atomic mass is 10.2. The Morgan fingerprint density at radius 3 is 2.11 bits per heavy atom. The topological polar surface area (TPSA) is 24.9 Å². The molecule has 0 fully saturated rings. The number of hydrogen-bond acceptors (Lipinski definition) is 2. The molecule has 0 unspecified atom stereocenters. The second kappa shape index (κ2) is 5.00. The molecule has 0 atom stereocenters. The van der Waals surface area contributed by atoms with Gasteiger partial charge in [0, 0.05) is 5.02 Å². The quantitative estimate of drug-likeness (QED) is 0.664. The fraction of sp³-hybridized carbons (Fsp3) is 0. The van der Waals surface area contributed by atoms with Crippen LogP contribution in [0.25, 0.3) is 0 Å². The van der Waals surface area contributed by atoms with Gasteiger partial charge in [0.15, 0.2) is 0 Å². The normalized spacial score (nSPS) is 10.6. The van der Waals surface area contributed by atoms with Crippen molar-refractivity contribution >= 4 is 23.0 Å². The molecule has 1 aromatic carbocycles. The van der Waals surface area contributed by atoms with Crippen molar-refractivity contribution in [3.8, 4) is 0 Å². The number of aromatic nitrogens is 1. The molecular weight excluding hydrogens is 291 g/mol. The summed E-state index contributed by atoms with van der Waals surface area (Å²) in [5.41, 5.74) is -1.62. The van der Waals surface area contributed by atoms with Crippen molar-refractivity contribution in [2.45, 2.75) is 0 Å². The Balaban J connectivity index is 2.52. The number of pyridine rings is 1. The summed E-state index contributed by atoms with van der Waals surface area (Å²) in [4.78, 5) is 2.37. The zero-order valence-electron chi connectivity index (χ0n) is 8.95. The molecule has 2 rings (SSSR count). The van der Waals surface area contributed by atoms with Crippen molar-refractivity contribution in [3.63, 3.8) is 0 Å². The van der Waals surface area contributed by atoms with E-state index in [1.807, 2.05) is 5.32 Å². The van der Waals surface area contributed by atoms with Crippen LogP contribution in [0, 0.1) is 29.3 Å². The molecule has 0 saturated carbocycles. The van der Waals surface area contributed by atoms with E-state index >= 15 is 0 Å². The fourth-order valence-corrected chi connectivity index (χ4v) is 1.50. The Morgan fingerprint density at radius 1 is 0.947 bits per heavy atom. The Morgan fingerprint density at radius 2 is 1.53 bits per heavy atom. The summed E-state index contributed by atoms with van der Waals surface area (Å²) in [6.07, 6.45) is 0. The van der Waals surface area contributed by atoms with Gasteiger partial charge in [-0.3, -0.25) is 0 Å². The maximum atomic E-state index is 13.4. The minimum Gasteiger partial charge on any atom is -0.348 e. The first-order valence-electron chi connectivity index (χ1n) is 4.82. The fourth-order valence-electron chi connectivity index (χ4n) is 1.32. The van der Waals surface area contributed by atoms with Crippen molar-refractivity contribution in [2.75, 3.05) is 5.32 Å². The van der Waals surface area contributed by atoms with Crippen LogP contribution in [0.2, 0.25) is 5.02 Å². The number of nitrogens with zero attached hydrogens (tertiary/aromatic N) is 1. The molecule has 1 N–H and O–H groups in total. The smallest absolute Gasteiger partial charge is 0.253 e. The molecule has 2 nitrogen and oxygen atoms in total. The van der Waals surface area contributed by atoms with Crippen LogP contribution < -0.4 is 5.32 Å². The minimum atomic E-state index is -1.84. The third-order valence-corrected chi connectivity index (χ3v) is 2.42. The summed E-state index contributed by atoms with van der Waals surface area (Å²) in [5, 5.41) is 1.97. The van der Waals surface area contributed by atoms with Crippen LogP contribution in [0.5, 0.6) is 0 Å². The van der Waals surface area contributed by atoms with E-state index in [1.165, 1.54) is 6.07 Å². The zero-order chi connectivity index (χ0) is 14.2. The van der Waals surface area contributed by atoms with Gasteiger partial charge in [-0.05, 0) is 18.2 Å². The number of nitrogens with one attached hydrogen (secondary N) is 1. The van der Waals surface area contributed by atoms with Gasteiger partial charge in [-0.15, -0.1) is 0 Å². The molecule has 1 aromatic heterocycles. The zero-order valence-corrected chi connectivity index (χ0v) is 9.70. The van der Waals surface area contributed by atoms with Crippen molar-refractivity contribution < 1.29 is 22.0 Å². The average molecular weight is 295 g/mol. The monoisotopic (exact) mass is 294 g/mol. The second-order valence-corrected chi connectivity index (χ2v) is 3.88. The molecule has 100 valence electrons. The molecule has 0 amide bonds. The number of rotatable bonds is 2. The van der Waals surface area contributed by atoms with Crippen LogP contribution in [0.15, 0.2) is 18.2 Å². The highest BCUT2D eigenvalue weighted by molar-refractivity contribution is 6.30. The highest BCUT2D eigenvalue weighted by Gasteiger charge is 2.21. The van der Waals surface area contributed by atoms with Gasteiger partial charge in [0.05, 0.1) is 5.69 Å². The van der Waals surface area contributed by atoms with Gasteiger partial charge in [-0.25, -0.2) is 4.39 Å². The number of benzene rings is 1. The average Bonchev–Trinajstić information content (AvgIpc) is 2.36. The lowest BCUT2D eigenvalue weighted by Crippen LogP contribution is -2.06. The Hall–Kier alpha value is -1.89. The third kappa shape index (κ3) is 2.60. The molecule has 0 spiro atoms. The molecule has 0 aliphatic heterocycles. The lowest BCUT2D eigenvalue weighted by molar-refractivity contribution is 0.411. The van der Waals surface area contributed by atoms with E-state index in [1.54, 1.807) is 0 Å². The van der Waals surface area contributed by atoms with Crippen molar-refractivity contribution in [1.82, 2.24) is 4.98 Å². The number of hydrogen-bond donors (Lipinski definition) is 1. The highest BCUT2D eigenvalue weighted by Crippen LogP contribution is 2.28. The standard InChI is InChI=1S/C11H4ClF5N2/c12-4-1-2-5(13)6(3-4)18-9-7(14)10(16)19-11(17)8(9)15/h1-3H,(H,18,19). The summed E-state index contributed by atoms with van der Waals surface area (Å²) in [7, 11) is 0. The minimum absolute atomic E-state index is 0.0692. The molecule has 0 bridgehead atoms. The third-order valence-electron chi connectivity index (χ3n) is 2.19. The Bertz CT molecular complexity index is 621. The van der Waals surface area contributed by atoms with Gasteiger partial charge >= 0.3 is 0 Å². The first-order valence-corrected chi connectivity index (χ1v) is 5.20. The predicted octanol–water partition coefficient (Wildman–Crippen LogP) is 4.17. The van der Waals surface area contributed by atoms with Crippen LogP contribution >= 0.6 is 11.6 Å². The molecule has 0 radical (unpaired) electrons. The summed E-state index contributed by atoms with van der Waals surface area (Å²) >= 11 is 5.57. The maximum Gasteiger partial charge on any atom is 0.253 e. The van der Waals surface area contributed by atoms with Gasteiger partial charge in [-0.1, -0.05) is 11.6 Å². The molecule has 0 aliphatic rings. The van der Waals surface area contributed by atoms with Crippen LogP contribution in [-0.2, 0) is 0 Å².